The Balaban J connectivity index is 1.39. The molecule has 12 heteroatoms. The minimum atomic E-state index is -0.634. The summed E-state index contributed by atoms with van der Waals surface area (Å²) in [6.45, 7) is 3.44. The van der Waals surface area contributed by atoms with Gasteiger partial charge in [-0.2, -0.15) is 5.10 Å². The molecule has 0 saturated carbocycles. The molecule has 190 valence electrons. The van der Waals surface area contributed by atoms with Crippen molar-refractivity contribution in [2.24, 2.45) is 11.5 Å². The van der Waals surface area contributed by atoms with Crippen molar-refractivity contribution in [3.63, 3.8) is 0 Å². The second-order valence-electron chi connectivity index (χ2n) is 8.59. The van der Waals surface area contributed by atoms with Crippen molar-refractivity contribution in [3.8, 4) is 11.6 Å². The highest BCUT2D eigenvalue weighted by Crippen LogP contribution is 2.31. The average molecular weight is 502 g/mol. The van der Waals surface area contributed by atoms with Gasteiger partial charge >= 0.3 is 0 Å². The summed E-state index contributed by atoms with van der Waals surface area (Å²) in [5, 5.41) is 6.43. The average Bonchev–Trinajstić information content (AvgIpc) is 3.58. The number of pyridine rings is 1. The minimum absolute atomic E-state index is 0.207. The molecule has 0 spiro atoms. The third-order valence-corrected chi connectivity index (χ3v) is 6.46. The van der Waals surface area contributed by atoms with E-state index < -0.39 is 11.7 Å². The van der Waals surface area contributed by atoms with Crippen molar-refractivity contribution in [2.45, 2.75) is 6.92 Å². The van der Waals surface area contributed by atoms with Crippen LogP contribution in [0.2, 0.25) is 0 Å². The zero-order valence-corrected chi connectivity index (χ0v) is 20.5. The van der Waals surface area contributed by atoms with E-state index in [-0.39, 0.29) is 5.56 Å². The molecule has 37 heavy (non-hydrogen) atoms. The number of nitrogens with one attached hydrogen (secondary N) is 1. The van der Waals surface area contributed by atoms with Gasteiger partial charge in [-0.25, -0.2) is 14.6 Å². The SMILES string of the molecule is COc1cnc(-n2cnc(C)n2)c2[nH]cc(C(=O)C(=O)N3CCN(/C(N)=c4\cccc\c4=C\N)CC3)c12. The highest BCUT2D eigenvalue weighted by molar-refractivity contribution is 6.45. The first kappa shape index (κ1) is 23.9. The van der Waals surface area contributed by atoms with E-state index in [1.165, 1.54) is 36.7 Å². The number of hydrogen-bond acceptors (Lipinski definition) is 9. The fourth-order valence-electron chi connectivity index (χ4n) is 4.52. The Bertz CT molecular complexity index is 1610. The smallest absolute Gasteiger partial charge is 0.295 e. The first-order valence-electron chi connectivity index (χ1n) is 11.7. The summed E-state index contributed by atoms with van der Waals surface area (Å²) >= 11 is 0. The molecule has 5 rings (SSSR count). The van der Waals surface area contributed by atoms with Gasteiger partial charge in [0.2, 0.25) is 0 Å². The number of aryl methyl sites for hydroxylation is 1. The monoisotopic (exact) mass is 501 g/mol. The molecule has 1 aliphatic rings. The molecule has 1 aliphatic heterocycles. The Kier molecular flexibility index (Phi) is 6.22. The number of ketones is 1. The number of hydrogen-bond donors (Lipinski definition) is 3. The van der Waals surface area contributed by atoms with Gasteiger partial charge in [0.25, 0.3) is 11.7 Å². The normalized spacial score (nSPS) is 15.2. The Morgan fingerprint density at radius 3 is 2.51 bits per heavy atom. The Morgan fingerprint density at radius 2 is 1.84 bits per heavy atom. The highest BCUT2D eigenvalue weighted by Gasteiger charge is 2.30. The summed E-state index contributed by atoms with van der Waals surface area (Å²) in [6.07, 6.45) is 6.05. The number of nitrogens with two attached hydrogens (primary N) is 2. The van der Waals surface area contributed by atoms with E-state index >= 15 is 0 Å². The van der Waals surface area contributed by atoms with Crippen LogP contribution in [-0.4, -0.2) is 79.5 Å². The number of H-pyrrole nitrogens is 1. The molecule has 12 nitrogen and oxygen atoms in total. The predicted octanol–water partition coefficient (Wildman–Crippen LogP) is -0.791. The number of rotatable bonds is 5. The first-order valence-corrected chi connectivity index (χ1v) is 11.7. The van der Waals surface area contributed by atoms with E-state index in [4.69, 9.17) is 16.2 Å². The molecule has 0 radical (unpaired) electrons. The number of aromatic amines is 1. The number of amides is 1. The van der Waals surface area contributed by atoms with Gasteiger partial charge in [0, 0.05) is 49.0 Å². The molecule has 0 aliphatic carbocycles. The van der Waals surface area contributed by atoms with Crippen LogP contribution in [0.4, 0.5) is 0 Å². The maximum atomic E-state index is 13.4. The molecule has 3 aromatic heterocycles. The van der Waals surface area contributed by atoms with Gasteiger partial charge < -0.3 is 31.0 Å². The molecule has 4 aromatic rings. The minimum Gasteiger partial charge on any atom is -0.494 e. The van der Waals surface area contributed by atoms with E-state index in [1.807, 2.05) is 29.2 Å². The number of Topliss-reactive ketones (excluding diaryl/α,β-unsaturated/α-hetero) is 1. The van der Waals surface area contributed by atoms with Crippen LogP contribution in [0.5, 0.6) is 5.75 Å². The molecule has 1 amide bonds. The van der Waals surface area contributed by atoms with Crippen molar-refractivity contribution in [2.75, 3.05) is 33.3 Å². The Hall–Kier alpha value is -4.87. The molecule has 1 aromatic carbocycles. The van der Waals surface area contributed by atoms with Crippen LogP contribution in [0.1, 0.15) is 16.2 Å². The van der Waals surface area contributed by atoms with Crippen LogP contribution in [-0.2, 0) is 4.79 Å². The molecule has 1 fully saturated rings. The van der Waals surface area contributed by atoms with Gasteiger partial charge in [-0.15, -0.1) is 0 Å². The lowest BCUT2D eigenvalue weighted by atomic mass is 10.1. The number of nitrogens with zero attached hydrogens (tertiary/aromatic N) is 6. The third kappa shape index (κ3) is 4.22. The second-order valence-corrected chi connectivity index (χ2v) is 8.59. The quantitative estimate of drug-likeness (QED) is 0.235. The maximum absolute atomic E-state index is 13.4. The largest absolute Gasteiger partial charge is 0.494 e. The van der Waals surface area contributed by atoms with E-state index in [0.717, 1.165) is 10.4 Å². The molecular formula is C25H27N9O3. The van der Waals surface area contributed by atoms with Crippen LogP contribution >= 0.6 is 0 Å². The lowest BCUT2D eigenvalue weighted by molar-refractivity contribution is -0.127. The van der Waals surface area contributed by atoms with E-state index in [1.54, 1.807) is 11.8 Å². The number of carbonyl (C=O) groups is 2. The number of ether oxygens (including phenoxy) is 1. The van der Waals surface area contributed by atoms with Crippen LogP contribution in [0, 0.1) is 6.92 Å². The fourth-order valence-corrected chi connectivity index (χ4v) is 4.52. The molecular weight excluding hydrogens is 474 g/mol. The number of carbonyl (C=O) groups excluding carboxylic acids is 2. The molecule has 0 unspecified atom stereocenters. The van der Waals surface area contributed by atoms with E-state index in [2.05, 4.69) is 20.1 Å². The van der Waals surface area contributed by atoms with Crippen molar-refractivity contribution in [1.82, 2.24) is 34.5 Å². The molecule has 5 N–H and O–H groups in total. The number of methoxy groups -OCH3 is 1. The summed E-state index contributed by atoms with van der Waals surface area (Å²) in [4.78, 5) is 41.8. The van der Waals surface area contributed by atoms with Gasteiger partial charge in [-0.3, -0.25) is 9.59 Å². The molecule has 0 atom stereocenters. The summed E-state index contributed by atoms with van der Waals surface area (Å²) < 4.78 is 6.96. The molecule has 4 heterocycles. The summed E-state index contributed by atoms with van der Waals surface area (Å²) in [7, 11) is 1.49. The van der Waals surface area contributed by atoms with Gasteiger partial charge in [0.1, 0.15) is 23.7 Å². The maximum Gasteiger partial charge on any atom is 0.295 e. The van der Waals surface area contributed by atoms with Gasteiger partial charge in [0.05, 0.1) is 29.8 Å². The summed E-state index contributed by atoms with van der Waals surface area (Å²) in [5.74, 6) is 0.746. The Labute approximate surface area is 211 Å². The number of fused-ring (bicyclic) bond motifs is 1. The van der Waals surface area contributed by atoms with Crippen LogP contribution in [0.15, 0.2) is 43.0 Å². The van der Waals surface area contributed by atoms with E-state index in [9.17, 15) is 9.59 Å². The van der Waals surface area contributed by atoms with Gasteiger partial charge in [0.15, 0.2) is 5.82 Å². The summed E-state index contributed by atoms with van der Waals surface area (Å²) in [5.41, 5.74) is 12.9. The fraction of sp³-hybridized carbons (Fsp3) is 0.240. The predicted molar refractivity (Wildman–Crippen MR) is 137 cm³/mol. The van der Waals surface area contributed by atoms with Crippen LogP contribution in [0.3, 0.4) is 0 Å². The number of benzene rings is 1. The topological polar surface area (TPSA) is 161 Å². The zero-order chi connectivity index (χ0) is 26.1. The number of aromatic nitrogens is 5. The lowest BCUT2D eigenvalue weighted by Crippen LogP contribution is -2.52. The van der Waals surface area contributed by atoms with Gasteiger partial charge in [-0.05, 0) is 6.92 Å². The third-order valence-electron chi connectivity index (χ3n) is 6.46. The van der Waals surface area contributed by atoms with E-state index in [0.29, 0.717) is 60.3 Å². The second kappa shape index (κ2) is 9.64. The standard InChI is InChI=1S/C25H27N9O3/c1-15-30-14-34(31-15)24-21-20(19(37-2)13-29-24)18(12-28-21)22(35)25(36)33-9-7-32(8-10-33)23(27)17-6-4-3-5-16(17)11-26/h3-6,11-14,28H,7-10,26-27H2,1-2H3/b16-11-,23-17+. The highest BCUT2D eigenvalue weighted by atomic mass is 16.5. The number of piperazine rings is 1. The lowest BCUT2D eigenvalue weighted by Gasteiger charge is -2.35. The van der Waals surface area contributed by atoms with Crippen LogP contribution < -0.4 is 26.6 Å². The first-order chi connectivity index (χ1) is 17.9. The van der Waals surface area contributed by atoms with Gasteiger partial charge in [-0.1, -0.05) is 24.3 Å². The van der Waals surface area contributed by atoms with Crippen molar-refractivity contribution >= 4 is 34.6 Å². The van der Waals surface area contributed by atoms with Crippen LogP contribution in [0.25, 0.3) is 28.7 Å². The molecule has 0 bridgehead atoms. The van der Waals surface area contributed by atoms with Crippen molar-refractivity contribution < 1.29 is 14.3 Å². The summed E-state index contributed by atoms with van der Waals surface area (Å²) in [6, 6.07) is 7.59. The zero-order valence-electron chi connectivity index (χ0n) is 20.5. The molecule has 1 saturated heterocycles. The van der Waals surface area contributed by atoms with Crippen molar-refractivity contribution in [1.29, 1.82) is 0 Å². The Morgan fingerprint density at radius 1 is 1.11 bits per heavy atom. The van der Waals surface area contributed by atoms with Crippen molar-refractivity contribution in [3.05, 3.63) is 64.8 Å².